The predicted octanol–water partition coefficient (Wildman–Crippen LogP) is 4.08. The molecule has 3 aromatic rings. The number of hydrazine groups is 1. The number of benzene rings is 2. The number of hydrogen-bond acceptors (Lipinski definition) is 5. The Balaban J connectivity index is 1.62. The van der Waals surface area contributed by atoms with E-state index >= 15 is 0 Å². The van der Waals surface area contributed by atoms with E-state index in [0.29, 0.717) is 27.2 Å². The number of non-ortho nitro benzene ring substituents is 1. The number of nitro groups is 1. The van der Waals surface area contributed by atoms with Gasteiger partial charge < -0.3 is 4.42 Å². The second kappa shape index (κ2) is 7.36. The molecule has 0 radical (unpaired) electrons. The Kier molecular flexibility index (Phi) is 4.73. The monoisotopic (exact) mass is 453 g/mol. The summed E-state index contributed by atoms with van der Waals surface area (Å²) in [6.45, 7) is 0. The van der Waals surface area contributed by atoms with Crippen LogP contribution in [0.5, 0.6) is 0 Å². The highest BCUT2D eigenvalue weighted by Crippen LogP contribution is 2.33. The molecular formula is C20H12BrN3O5. The summed E-state index contributed by atoms with van der Waals surface area (Å²) in [6.07, 6.45) is 1.36. The minimum absolute atomic E-state index is 0.0521. The molecule has 2 heterocycles. The average molecular weight is 454 g/mol. The molecule has 2 amide bonds. The number of para-hydroxylation sites is 1. The molecule has 4 rings (SSSR count). The van der Waals surface area contributed by atoms with Gasteiger partial charge >= 0.3 is 0 Å². The van der Waals surface area contributed by atoms with Gasteiger partial charge in [-0.15, -0.1) is 0 Å². The smallest absolute Gasteiger partial charge is 0.282 e. The molecule has 0 atom stereocenters. The molecule has 0 spiro atoms. The Morgan fingerprint density at radius 1 is 1.07 bits per heavy atom. The maximum absolute atomic E-state index is 12.6. The number of halogens is 1. The Labute approximate surface area is 172 Å². The van der Waals surface area contributed by atoms with Gasteiger partial charge in [-0.3, -0.25) is 25.1 Å². The van der Waals surface area contributed by atoms with Crippen molar-refractivity contribution in [2.45, 2.75) is 0 Å². The van der Waals surface area contributed by atoms with Gasteiger partial charge in [0, 0.05) is 22.2 Å². The summed E-state index contributed by atoms with van der Waals surface area (Å²) in [5, 5.41) is 12.0. The number of rotatable bonds is 4. The van der Waals surface area contributed by atoms with Gasteiger partial charge in [-0.2, -0.15) is 0 Å². The van der Waals surface area contributed by atoms with Crippen molar-refractivity contribution in [1.29, 1.82) is 0 Å². The number of amides is 2. The Hall–Kier alpha value is -3.72. The van der Waals surface area contributed by atoms with Gasteiger partial charge in [0.25, 0.3) is 17.5 Å². The second-order valence-corrected chi connectivity index (χ2v) is 6.95. The molecule has 9 heteroatoms. The van der Waals surface area contributed by atoms with E-state index in [1.54, 1.807) is 42.5 Å². The summed E-state index contributed by atoms with van der Waals surface area (Å²) >= 11 is 3.30. The van der Waals surface area contributed by atoms with Crippen LogP contribution in [0.4, 0.5) is 11.4 Å². The average Bonchev–Trinajstić information content (AvgIpc) is 3.28. The van der Waals surface area contributed by atoms with Crippen LogP contribution in [0, 0.1) is 10.1 Å². The molecule has 0 bridgehead atoms. The fourth-order valence-corrected chi connectivity index (χ4v) is 3.41. The van der Waals surface area contributed by atoms with Crippen LogP contribution in [0.25, 0.3) is 17.4 Å². The first-order valence-electron chi connectivity index (χ1n) is 8.40. The predicted molar refractivity (Wildman–Crippen MR) is 109 cm³/mol. The molecule has 0 unspecified atom stereocenters. The summed E-state index contributed by atoms with van der Waals surface area (Å²) in [7, 11) is 0. The summed E-state index contributed by atoms with van der Waals surface area (Å²) in [6, 6.07) is 16.3. The number of furan rings is 1. The van der Waals surface area contributed by atoms with E-state index in [4.69, 9.17) is 4.42 Å². The van der Waals surface area contributed by atoms with Crippen LogP contribution in [0.1, 0.15) is 5.76 Å². The van der Waals surface area contributed by atoms with Crippen molar-refractivity contribution in [2.24, 2.45) is 0 Å². The van der Waals surface area contributed by atoms with Gasteiger partial charge in [-0.25, -0.2) is 5.01 Å². The molecule has 1 fully saturated rings. The summed E-state index contributed by atoms with van der Waals surface area (Å²) in [4.78, 5) is 35.2. The molecule has 8 nitrogen and oxygen atoms in total. The van der Waals surface area contributed by atoms with Crippen molar-refractivity contribution in [2.75, 3.05) is 5.01 Å². The van der Waals surface area contributed by atoms with Crippen molar-refractivity contribution >= 4 is 45.2 Å². The third kappa shape index (κ3) is 3.55. The molecule has 1 aromatic heterocycles. The van der Waals surface area contributed by atoms with Crippen LogP contribution < -0.4 is 10.4 Å². The molecule has 1 saturated heterocycles. The van der Waals surface area contributed by atoms with Crippen LogP contribution in [0.2, 0.25) is 0 Å². The van der Waals surface area contributed by atoms with Crippen molar-refractivity contribution in [3.63, 3.8) is 0 Å². The van der Waals surface area contributed by atoms with E-state index in [0.717, 1.165) is 0 Å². The third-order valence-corrected chi connectivity index (χ3v) is 4.90. The van der Waals surface area contributed by atoms with Crippen LogP contribution in [-0.4, -0.2) is 16.7 Å². The first kappa shape index (κ1) is 18.6. The molecule has 2 aromatic carbocycles. The second-order valence-electron chi connectivity index (χ2n) is 6.10. The SMILES string of the molecule is O=C1NN(c2ccccc2)C(=O)C1=Cc1ccc(-c2ccc([N+](=O)[O-])cc2Br)o1. The van der Waals surface area contributed by atoms with Gasteiger partial charge in [0.1, 0.15) is 17.1 Å². The lowest BCUT2D eigenvalue weighted by molar-refractivity contribution is -0.384. The van der Waals surface area contributed by atoms with E-state index in [2.05, 4.69) is 21.4 Å². The molecule has 144 valence electrons. The topological polar surface area (TPSA) is 106 Å². The Morgan fingerprint density at radius 3 is 2.52 bits per heavy atom. The quantitative estimate of drug-likeness (QED) is 0.277. The minimum Gasteiger partial charge on any atom is -0.457 e. The Bertz CT molecular complexity index is 1170. The highest BCUT2D eigenvalue weighted by atomic mass is 79.9. The molecule has 1 N–H and O–H groups in total. The maximum Gasteiger partial charge on any atom is 0.282 e. The zero-order valence-corrected chi connectivity index (χ0v) is 16.3. The number of carbonyl (C=O) groups is 2. The number of nitrogens with zero attached hydrogens (tertiary/aromatic N) is 2. The zero-order valence-electron chi connectivity index (χ0n) is 14.7. The first-order chi connectivity index (χ1) is 13.9. The van der Waals surface area contributed by atoms with Crippen LogP contribution in [0.15, 0.2) is 75.1 Å². The van der Waals surface area contributed by atoms with Gasteiger partial charge in [-0.1, -0.05) is 18.2 Å². The highest BCUT2D eigenvalue weighted by molar-refractivity contribution is 9.10. The van der Waals surface area contributed by atoms with Crippen LogP contribution >= 0.6 is 15.9 Å². The first-order valence-corrected chi connectivity index (χ1v) is 9.19. The highest BCUT2D eigenvalue weighted by Gasteiger charge is 2.34. The lowest BCUT2D eigenvalue weighted by atomic mass is 10.1. The van der Waals surface area contributed by atoms with E-state index < -0.39 is 16.7 Å². The van der Waals surface area contributed by atoms with Gasteiger partial charge in [0.05, 0.1) is 10.6 Å². The summed E-state index contributed by atoms with van der Waals surface area (Å²) < 4.78 is 6.21. The molecule has 0 aliphatic carbocycles. The van der Waals surface area contributed by atoms with Crippen LogP contribution in [-0.2, 0) is 9.59 Å². The fraction of sp³-hybridized carbons (Fsp3) is 0. The number of hydrogen-bond donors (Lipinski definition) is 1. The Morgan fingerprint density at radius 2 is 1.83 bits per heavy atom. The minimum atomic E-state index is -0.534. The van der Waals surface area contributed by atoms with Crippen molar-refractivity contribution in [3.8, 4) is 11.3 Å². The van der Waals surface area contributed by atoms with E-state index in [9.17, 15) is 19.7 Å². The van der Waals surface area contributed by atoms with Crippen LogP contribution in [0.3, 0.4) is 0 Å². The van der Waals surface area contributed by atoms with E-state index in [-0.39, 0.29) is 11.3 Å². The molecule has 0 saturated carbocycles. The number of carbonyl (C=O) groups excluding carboxylic acids is 2. The zero-order chi connectivity index (χ0) is 20.5. The van der Waals surface area contributed by atoms with Gasteiger partial charge in [0.2, 0.25) is 0 Å². The fourth-order valence-electron chi connectivity index (χ4n) is 2.85. The molecular weight excluding hydrogens is 442 g/mol. The normalized spacial score (nSPS) is 15.1. The molecule has 1 aliphatic rings. The molecule has 29 heavy (non-hydrogen) atoms. The number of nitrogens with one attached hydrogen (secondary N) is 1. The van der Waals surface area contributed by atoms with E-state index in [1.807, 2.05) is 6.07 Å². The van der Waals surface area contributed by atoms with Gasteiger partial charge in [-0.05, 0) is 52.3 Å². The van der Waals surface area contributed by atoms with Crippen molar-refractivity contribution in [3.05, 3.63) is 86.6 Å². The van der Waals surface area contributed by atoms with Crippen molar-refractivity contribution in [1.82, 2.24) is 5.43 Å². The lowest BCUT2D eigenvalue weighted by Crippen LogP contribution is -2.35. The largest absolute Gasteiger partial charge is 0.457 e. The summed E-state index contributed by atoms with van der Waals surface area (Å²) in [5.41, 5.74) is 3.56. The third-order valence-electron chi connectivity index (χ3n) is 4.25. The number of nitro benzene ring substituents is 1. The molecule has 1 aliphatic heterocycles. The summed E-state index contributed by atoms with van der Waals surface area (Å²) in [5.74, 6) is -0.285. The standard InChI is InChI=1S/C20H12BrN3O5/c21-17-10-13(24(27)28)6-8-15(17)18-9-7-14(29-18)11-16-19(25)22-23(20(16)26)12-4-2-1-3-5-12/h1-11H,(H,22,25). The van der Waals surface area contributed by atoms with Crippen molar-refractivity contribution < 1.29 is 18.9 Å². The maximum atomic E-state index is 12.6. The van der Waals surface area contributed by atoms with Gasteiger partial charge in [0.15, 0.2) is 0 Å². The lowest BCUT2D eigenvalue weighted by Gasteiger charge is -2.13. The van der Waals surface area contributed by atoms with E-state index in [1.165, 1.54) is 23.2 Å². The number of anilines is 1.